The first kappa shape index (κ1) is 77.1. The summed E-state index contributed by atoms with van der Waals surface area (Å²) in [5.41, 5.74) is 0. The third kappa shape index (κ3) is 65.9. The Labute approximate surface area is 498 Å². The van der Waals surface area contributed by atoms with Gasteiger partial charge in [0.15, 0.2) is 6.10 Å². The lowest BCUT2D eigenvalue weighted by molar-refractivity contribution is -0.167. The van der Waals surface area contributed by atoms with Gasteiger partial charge in [0.1, 0.15) is 13.2 Å². The number of hydrogen-bond donors (Lipinski definition) is 0. The molecule has 0 heterocycles. The second-order valence-corrected chi connectivity index (χ2v) is 23.8. The summed E-state index contributed by atoms with van der Waals surface area (Å²) in [6, 6.07) is 0. The molecule has 0 fully saturated rings. The smallest absolute Gasteiger partial charge is 0.306 e. The number of unbranched alkanes of at least 4 members (excludes halogenated alkanes) is 44. The zero-order chi connectivity index (χ0) is 57.8. The summed E-state index contributed by atoms with van der Waals surface area (Å²) in [5.74, 6) is -0.851. The Morgan fingerprint density at radius 3 is 0.762 bits per heavy atom. The van der Waals surface area contributed by atoms with Crippen molar-refractivity contribution in [3.05, 3.63) is 60.8 Å². The van der Waals surface area contributed by atoms with E-state index in [4.69, 9.17) is 14.2 Å². The molecule has 0 aromatic heterocycles. The average Bonchev–Trinajstić information content (AvgIpc) is 3.46. The minimum absolute atomic E-state index is 0.0670. The molecule has 0 N–H and O–H groups in total. The zero-order valence-corrected chi connectivity index (χ0v) is 53.6. The van der Waals surface area contributed by atoms with E-state index in [1.807, 2.05) is 0 Å². The minimum atomic E-state index is -0.766. The number of hydrogen-bond acceptors (Lipinski definition) is 6. The van der Waals surface area contributed by atoms with Gasteiger partial charge in [0.05, 0.1) is 0 Å². The first-order chi connectivity index (χ1) is 39.5. The third-order valence-electron chi connectivity index (χ3n) is 15.8. The van der Waals surface area contributed by atoms with Crippen molar-refractivity contribution in [3.63, 3.8) is 0 Å². The van der Waals surface area contributed by atoms with Crippen LogP contribution < -0.4 is 0 Å². The van der Waals surface area contributed by atoms with E-state index in [0.29, 0.717) is 19.3 Å². The Morgan fingerprint density at radius 1 is 0.263 bits per heavy atom. The second kappa shape index (κ2) is 68.6. The summed E-state index contributed by atoms with van der Waals surface area (Å²) < 4.78 is 16.9. The Bertz CT molecular complexity index is 1430. The van der Waals surface area contributed by atoms with Crippen molar-refractivity contribution in [2.24, 2.45) is 0 Å². The van der Waals surface area contributed by atoms with E-state index in [2.05, 4.69) is 81.5 Å². The summed E-state index contributed by atoms with van der Waals surface area (Å²) in [5, 5.41) is 0. The molecule has 1 atom stereocenters. The molecule has 0 spiro atoms. The fourth-order valence-electron chi connectivity index (χ4n) is 10.5. The van der Waals surface area contributed by atoms with Gasteiger partial charge in [0.25, 0.3) is 0 Å². The molecule has 6 heteroatoms. The number of carbonyl (C=O) groups is 3. The molecule has 0 rings (SSSR count). The Morgan fingerprint density at radius 2 is 0.487 bits per heavy atom. The van der Waals surface area contributed by atoms with Gasteiger partial charge >= 0.3 is 17.9 Å². The molecule has 0 radical (unpaired) electrons. The van der Waals surface area contributed by atoms with Crippen molar-refractivity contribution in [1.29, 1.82) is 0 Å². The topological polar surface area (TPSA) is 78.9 Å². The van der Waals surface area contributed by atoms with E-state index >= 15 is 0 Å². The third-order valence-corrected chi connectivity index (χ3v) is 15.8. The van der Waals surface area contributed by atoms with Crippen molar-refractivity contribution in [2.75, 3.05) is 13.2 Å². The molecule has 0 amide bonds. The maximum Gasteiger partial charge on any atom is 0.306 e. The maximum atomic E-state index is 12.9. The van der Waals surface area contributed by atoms with Crippen LogP contribution in [0, 0.1) is 0 Å². The highest BCUT2D eigenvalue weighted by Gasteiger charge is 2.19. The summed E-state index contributed by atoms with van der Waals surface area (Å²) in [7, 11) is 0. The lowest BCUT2D eigenvalue weighted by Gasteiger charge is -2.18. The van der Waals surface area contributed by atoms with Crippen molar-refractivity contribution >= 4 is 17.9 Å². The average molecular weight is 1120 g/mol. The van der Waals surface area contributed by atoms with Crippen LogP contribution in [0.1, 0.15) is 374 Å². The Kier molecular flexibility index (Phi) is 66.1. The van der Waals surface area contributed by atoms with E-state index in [1.165, 1.54) is 244 Å². The standard InChI is InChI=1S/C74H134O6/c1-4-7-10-13-16-18-20-22-24-26-28-30-31-32-33-34-35-36-37-38-39-40-41-42-43-45-46-48-50-52-54-56-58-61-64-67-73(76)79-70-71(69-78-72(75)66-63-60-15-12-9-6-3)80-74(77)68-65-62-59-57-55-53-51-49-47-44-29-27-25-23-21-19-17-14-11-8-5-2/h7,10,16,18,22,24,28,30,32-33,71H,4-6,8-9,11-15,17,19-21,23,25-27,29,31,34-70H2,1-3H3/b10-7-,18-16-,24-22-,30-28-,33-32-. The van der Waals surface area contributed by atoms with E-state index < -0.39 is 6.10 Å². The first-order valence-electron chi connectivity index (χ1n) is 35.3. The molecule has 466 valence electrons. The predicted molar refractivity (Wildman–Crippen MR) is 348 cm³/mol. The maximum absolute atomic E-state index is 12.9. The molecular weight excluding hydrogens is 985 g/mol. The van der Waals surface area contributed by atoms with E-state index in [0.717, 1.165) is 89.9 Å². The summed E-state index contributed by atoms with van der Waals surface area (Å²) in [4.78, 5) is 38.1. The predicted octanol–water partition coefficient (Wildman–Crippen LogP) is 24.3. The van der Waals surface area contributed by atoms with Crippen LogP contribution in [0.5, 0.6) is 0 Å². The fraction of sp³-hybridized carbons (Fsp3) is 0.824. The van der Waals surface area contributed by atoms with Crippen LogP contribution in [0.25, 0.3) is 0 Å². The summed E-state index contributed by atoms with van der Waals surface area (Å²) in [6.45, 7) is 6.53. The number of rotatable bonds is 65. The second-order valence-electron chi connectivity index (χ2n) is 23.8. The number of allylic oxidation sites excluding steroid dienone is 10. The number of esters is 3. The fourth-order valence-corrected chi connectivity index (χ4v) is 10.5. The van der Waals surface area contributed by atoms with Crippen LogP contribution in [-0.4, -0.2) is 37.2 Å². The molecule has 0 aliphatic carbocycles. The summed E-state index contributed by atoms with van der Waals surface area (Å²) >= 11 is 0. The highest BCUT2D eigenvalue weighted by molar-refractivity contribution is 5.71. The number of ether oxygens (including phenoxy) is 3. The molecular formula is C74H134O6. The molecule has 1 unspecified atom stereocenters. The highest BCUT2D eigenvalue weighted by atomic mass is 16.6. The SMILES string of the molecule is CC/C=C\C/C=C\C/C=C\C/C=C\C/C=C\CCCCCCCCCCCCCCCCCCCCCC(=O)OCC(COC(=O)CCCCCCCC)OC(=O)CCCCCCCCCCCCCCCCCCCCCCC. The van der Waals surface area contributed by atoms with Gasteiger partial charge in [0.2, 0.25) is 0 Å². The van der Waals surface area contributed by atoms with Gasteiger partial charge in [-0.15, -0.1) is 0 Å². The molecule has 0 aromatic carbocycles. The van der Waals surface area contributed by atoms with Gasteiger partial charge < -0.3 is 14.2 Å². The van der Waals surface area contributed by atoms with E-state index in [1.54, 1.807) is 0 Å². The minimum Gasteiger partial charge on any atom is -0.462 e. The lowest BCUT2D eigenvalue weighted by Crippen LogP contribution is -2.30. The van der Waals surface area contributed by atoms with Gasteiger partial charge in [-0.1, -0.05) is 351 Å². The van der Waals surface area contributed by atoms with Gasteiger partial charge in [-0.2, -0.15) is 0 Å². The molecule has 0 saturated carbocycles. The van der Waals surface area contributed by atoms with Gasteiger partial charge in [-0.05, 0) is 64.2 Å². The van der Waals surface area contributed by atoms with Crippen LogP contribution in [0.15, 0.2) is 60.8 Å². The lowest BCUT2D eigenvalue weighted by atomic mass is 10.0. The van der Waals surface area contributed by atoms with Crippen LogP contribution >= 0.6 is 0 Å². The molecule has 6 nitrogen and oxygen atoms in total. The van der Waals surface area contributed by atoms with Crippen molar-refractivity contribution < 1.29 is 28.6 Å². The van der Waals surface area contributed by atoms with Gasteiger partial charge in [-0.25, -0.2) is 0 Å². The first-order valence-corrected chi connectivity index (χ1v) is 35.3. The van der Waals surface area contributed by atoms with Crippen molar-refractivity contribution in [1.82, 2.24) is 0 Å². The van der Waals surface area contributed by atoms with Crippen LogP contribution in [-0.2, 0) is 28.6 Å². The monoisotopic (exact) mass is 1120 g/mol. The Balaban J connectivity index is 3.93. The molecule has 0 aromatic rings. The normalized spacial score (nSPS) is 12.4. The summed E-state index contributed by atoms with van der Waals surface area (Å²) in [6.07, 6.45) is 88.7. The largest absolute Gasteiger partial charge is 0.462 e. The van der Waals surface area contributed by atoms with Crippen LogP contribution in [0.2, 0.25) is 0 Å². The van der Waals surface area contributed by atoms with Crippen molar-refractivity contribution in [2.45, 2.75) is 380 Å². The zero-order valence-electron chi connectivity index (χ0n) is 53.6. The van der Waals surface area contributed by atoms with E-state index in [9.17, 15) is 14.4 Å². The van der Waals surface area contributed by atoms with Gasteiger partial charge in [-0.3, -0.25) is 14.4 Å². The van der Waals surface area contributed by atoms with Gasteiger partial charge in [0, 0.05) is 19.3 Å². The molecule has 80 heavy (non-hydrogen) atoms. The van der Waals surface area contributed by atoms with Crippen LogP contribution in [0.3, 0.4) is 0 Å². The number of carbonyl (C=O) groups excluding carboxylic acids is 3. The van der Waals surface area contributed by atoms with Crippen LogP contribution in [0.4, 0.5) is 0 Å². The quantitative estimate of drug-likeness (QED) is 0.0261. The molecule has 0 aliphatic rings. The molecule has 0 saturated heterocycles. The highest BCUT2D eigenvalue weighted by Crippen LogP contribution is 2.18. The van der Waals surface area contributed by atoms with E-state index in [-0.39, 0.29) is 31.1 Å². The Hall–Kier alpha value is -2.89. The molecule has 0 bridgehead atoms. The van der Waals surface area contributed by atoms with Crippen molar-refractivity contribution in [3.8, 4) is 0 Å². The molecule has 0 aliphatic heterocycles.